The fourth-order valence-corrected chi connectivity index (χ4v) is 4.36. The van der Waals surface area contributed by atoms with Crippen LogP contribution in [0.25, 0.3) is 0 Å². The van der Waals surface area contributed by atoms with Gasteiger partial charge in [0.25, 0.3) is 0 Å². The molecule has 0 saturated heterocycles. The maximum absolute atomic E-state index is 11.8. The highest BCUT2D eigenvalue weighted by Crippen LogP contribution is 2.31. The molecule has 0 aromatic carbocycles. The second kappa shape index (κ2) is 10.8. The molecule has 0 aliphatic rings. The second-order valence-electron chi connectivity index (χ2n) is 4.52. The molecule has 2 N–H and O–H groups in total. The Morgan fingerprint density at radius 3 is 2.45 bits per heavy atom. The number of nitrogens with one attached hydrogen (secondary N) is 2. The van der Waals surface area contributed by atoms with E-state index in [2.05, 4.69) is 20.8 Å². The van der Waals surface area contributed by atoms with Crippen LogP contribution in [0.1, 0.15) is 33.6 Å². The Morgan fingerprint density at radius 2 is 1.77 bits per heavy atom. The Hall–Kier alpha value is -0.800. The molecule has 124 valence electrons. The highest BCUT2D eigenvalue weighted by Gasteiger charge is 2.17. The lowest BCUT2D eigenvalue weighted by Gasteiger charge is -2.08. The smallest absolute Gasteiger partial charge is 0.233 e. The van der Waals surface area contributed by atoms with E-state index in [1.54, 1.807) is 0 Å². The zero-order valence-corrected chi connectivity index (χ0v) is 15.5. The van der Waals surface area contributed by atoms with Gasteiger partial charge in [0.2, 0.25) is 11.8 Å². The molecule has 0 saturated carbocycles. The molecule has 1 aromatic heterocycles. The van der Waals surface area contributed by atoms with E-state index in [4.69, 9.17) is 0 Å². The van der Waals surface area contributed by atoms with Crippen molar-refractivity contribution in [3.05, 3.63) is 0 Å². The first-order valence-electron chi connectivity index (χ1n) is 7.24. The lowest BCUT2D eigenvalue weighted by Crippen LogP contribution is -2.31. The van der Waals surface area contributed by atoms with Crippen LogP contribution in [-0.2, 0) is 9.59 Å². The minimum Gasteiger partial charge on any atom is -0.355 e. The molecule has 1 rings (SSSR count). The third kappa shape index (κ3) is 7.46. The van der Waals surface area contributed by atoms with Gasteiger partial charge in [0.05, 0.1) is 11.0 Å². The van der Waals surface area contributed by atoms with E-state index in [0.29, 0.717) is 18.8 Å². The van der Waals surface area contributed by atoms with E-state index >= 15 is 0 Å². The molecule has 6 nitrogen and oxygen atoms in total. The predicted octanol–water partition coefficient (Wildman–Crippen LogP) is 2.16. The largest absolute Gasteiger partial charge is 0.355 e. The van der Waals surface area contributed by atoms with Gasteiger partial charge < -0.3 is 10.6 Å². The molecule has 0 unspecified atom stereocenters. The number of thioether (sulfide) groups is 2. The Balaban J connectivity index is 2.37. The van der Waals surface area contributed by atoms with E-state index in [9.17, 15) is 9.59 Å². The first-order valence-corrected chi connectivity index (χ1v) is 9.92. The van der Waals surface area contributed by atoms with Crippen molar-refractivity contribution in [1.82, 2.24) is 20.8 Å². The Bertz CT molecular complexity index is 482. The van der Waals surface area contributed by atoms with Crippen molar-refractivity contribution in [2.75, 3.05) is 18.8 Å². The molecule has 0 fully saturated rings. The van der Waals surface area contributed by atoms with Gasteiger partial charge in [-0.2, -0.15) is 0 Å². The molecule has 0 spiro atoms. The van der Waals surface area contributed by atoms with Gasteiger partial charge in [-0.15, -0.1) is 10.2 Å². The summed E-state index contributed by atoms with van der Waals surface area (Å²) in [5, 5.41) is 13.6. The standard InChI is InChI=1S/C13H22N4O2S3/c1-4-6-14-10(18)8-20-12-16-17-13(22-12)21-9(3)11(19)15-7-5-2/h9H,4-8H2,1-3H3,(H,14,18)(H,15,19)/t9-/m0/s1. The maximum Gasteiger partial charge on any atom is 0.233 e. The molecular weight excluding hydrogens is 340 g/mol. The number of carbonyl (C=O) groups excluding carboxylic acids is 2. The van der Waals surface area contributed by atoms with E-state index in [1.165, 1.54) is 34.9 Å². The minimum atomic E-state index is -0.204. The summed E-state index contributed by atoms with van der Waals surface area (Å²) in [5.41, 5.74) is 0. The van der Waals surface area contributed by atoms with Gasteiger partial charge in [-0.1, -0.05) is 48.7 Å². The minimum absolute atomic E-state index is 0.00330. The summed E-state index contributed by atoms with van der Waals surface area (Å²) < 4.78 is 1.49. The predicted molar refractivity (Wildman–Crippen MR) is 92.6 cm³/mol. The number of hydrogen-bond donors (Lipinski definition) is 2. The average molecular weight is 363 g/mol. The Labute approximate surface area is 143 Å². The van der Waals surface area contributed by atoms with Crippen LogP contribution < -0.4 is 10.6 Å². The fourth-order valence-electron chi connectivity index (χ4n) is 1.34. The van der Waals surface area contributed by atoms with Gasteiger partial charge in [-0.3, -0.25) is 9.59 Å². The first-order chi connectivity index (χ1) is 10.6. The van der Waals surface area contributed by atoms with Crippen LogP contribution in [0.5, 0.6) is 0 Å². The third-order valence-electron chi connectivity index (χ3n) is 2.48. The molecule has 9 heteroatoms. The summed E-state index contributed by atoms with van der Waals surface area (Å²) in [5.74, 6) is 0.352. The van der Waals surface area contributed by atoms with Crippen molar-refractivity contribution >= 4 is 46.7 Å². The van der Waals surface area contributed by atoms with Crippen molar-refractivity contribution in [1.29, 1.82) is 0 Å². The topological polar surface area (TPSA) is 84.0 Å². The van der Waals surface area contributed by atoms with Crippen LogP contribution in [-0.4, -0.2) is 46.1 Å². The summed E-state index contributed by atoms with van der Waals surface area (Å²) in [7, 11) is 0. The number of carbonyl (C=O) groups is 2. The zero-order chi connectivity index (χ0) is 16.4. The first kappa shape index (κ1) is 19.2. The fraction of sp³-hybridized carbons (Fsp3) is 0.692. The van der Waals surface area contributed by atoms with E-state index in [1.807, 2.05) is 20.8 Å². The molecule has 0 bridgehead atoms. The molecule has 0 aliphatic carbocycles. The summed E-state index contributed by atoms with van der Waals surface area (Å²) in [6, 6.07) is 0. The second-order valence-corrected chi connectivity index (χ2v) is 8.31. The van der Waals surface area contributed by atoms with Crippen LogP contribution in [0.4, 0.5) is 0 Å². The van der Waals surface area contributed by atoms with Crippen LogP contribution >= 0.6 is 34.9 Å². The molecule has 1 atom stereocenters. The van der Waals surface area contributed by atoms with Gasteiger partial charge in [0.15, 0.2) is 8.68 Å². The summed E-state index contributed by atoms with van der Waals surface area (Å²) in [6.07, 6.45) is 1.84. The van der Waals surface area contributed by atoms with Gasteiger partial charge in [0.1, 0.15) is 0 Å². The van der Waals surface area contributed by atoms with E-state index in [0.717, 1.165) is 21.5 Å². The van der Waals surface area contributed by atoms with Crippen molar-refractivity contribution in [2.45, 2.75) is 47.5 Å². The van der Waals surface area contributed by atoms with E-state index < -0.39 is 0 Å². The third-order valence-corrected chi connectivity index (χ3v) is 5.72. The average Bonchev–Trinajstić information content (AvgIpc) is 2.95. The lowest BCUT2D eigenvalue weighted by molar-refractivity contribution is -0.120. The SMILES string of the molecule is CCCNC(=O)CSc1nnc(S[C@@H](C)C(=O)NCCC)s1. The maximum atomic E-state index is 11.8. The summed E-state index contributed by atoms with van der Waals surface area (Å²) in [4.78, 5) is 23.3. The van der Waals surface area contributed by atoms with E-state index in [-0.39, 0.29) is 17.1 Å². The van der Waals surface area contributed by atoms with Crippen LogP contribution in [0.2, 0.25) is 0 Å². The zero-order valence-electron chi connectivity index (χ0n) is 13.0. The van der Waals surface area contributed by atoms with Crippen LogP contribution in [0.15, 0.2) is 8.68 Å². The summed E-state index contributed by atoms with van der Waals surface area (Å²) >= 11 is 4.17. The molecule has 0 aliphatic heterocycles. The highest BCUT2D eigenvalue weighted by molar-refractivity contribution is 8.04. The van der Waals surface area contributed by atoms with Gasteiger partial charge >= 0.3 is 0 Å². The number of rotatable bonds is 10. The van der Waals surface area contributed by atoms with Crippen LogP contribution in [0, 0.1) is 0 Å². The van der Waals surface area contributed by atoms with Crippen molar-refractivity contribution in [3.8, 4) is 0 Å². The number of aromatic nitrogens is 2. The molecule has 2 amide bonds. The molecule has 22 heavy (non-hydrogen) atoms. The van der Waals surface area contributed by atoms with Crippen LogP contribution in [0.3, 0.4) is 0 Å². The van der Waals surface area contributed by atoms with Crippen molar-refractivity contribution in [3.63, 3.8) is 0 Å². The molecule has 1 heterocycles. The number of nitrogens with zero attached hydrogens (tertiary/aromatic N) is 2. The molecule has 0 radical (unpaired) electrons. The molecular formula is C13H22N4O2S3. The van der Waals surface area contributed by atoms with Gasteiger partial charge in [0, 0.05) is 13.1 Å². The number of hydrogen-bond acceptors (Lipinski definition) is 7. The molecule has 1 aromatic rings. The monoisotopic (exact) mass is 362 g/mol. The normalized spacial score (nSPS) is 12.0. The Morgan fingerprint density at radius 1 is 1.14 bits per heavy atom. The number of amides is 2. The van der Waals surface area contributed by atoms with Crippen molar-refractivity contribution < 1.29 is 9.59 Å². The Kier molecular flexibility index (Phi) is 9.49. The van der Waals surface area contributed by atoms with Crippen molar-refractivity contribution in [2.24, 2.45) is 0 Å². The quantitative estimate of drug-likeness (QED) is 0.621. The highest BCUT2D eigenvalue weighted by atomic mass is 32.2. The van der Waals surface area contributed by atoms with Gasteiger partial charge in [-0.05, 0) is 19.8 Å². The lowest BCUT2D eigenvalue weighted by atomic mass is 10.4. The van der Waals surface area contributed by atoms with Gasteiger partial charge in [-0.25, -0.2) is 0 Å². The summed E-state index contributed by atoms with van der Waals surface area (Å²) in [6.45, 7) is 7.26.